The lowest BCUT2D eigenvalue weighted by molar-refractivity contribution is -0.137. The molecule has 2 atom stereocenters. The number of aliphatic carboxylic acids is 1. The number of aliphatic hydroxyl groups excluding tert-OH is 2. The molecule has 0 aliphatic heterocycles. The average molecular weight is 288 g/mol. The van der Waals surface area contributed by atoms with Gasteiger partial charge in [0, 0.05) is 6.42 Å². The summed E-state index contributed by atoms with van der Waals surface area (Å²) in [6.45, 7) is 2.21. The number of aliphatic hydroxyl groups is 2. The predicted octanol–water partition coefficient (Wildman–Crippen LogP) is 3.49. The van der Waals surface area contributed by atoms with E-state index in [1.165, 1.54) is 38.5 Å². The van der Waals surface area contributed by atoms with Crippen LogP contribution in [0.15, 0.2) is 0 Å². The fraction of sp³-hybridized carbons (Fsp3) is 0.938. The van der Waals surface area contributed by atoms with Gasteiger partial charge >= 0.3 is 5.97 Å². The molecule has 4 heteroatoms. The summed E-state index contributed by atoms with van der Waals surface area (Å²) in [5.74, 6) is -0.852. The molecule has 0 saturated carbocycles. The lowest BCUT2D eigenvalue weighted by Gasteiger charge is -2.17. The standard InChI is InChI=1S/C16H32O4/c1-2-3-4-5-6-7-8-9-11-14(17)15(18)12-10-13-16(19)20/h14-15,17-18H,2-13H2,1H3,(H,19,20)/t14-,15+/m0/s1. The minimum atomic E-state index is -0.852. The SMILES string of the molecule is CCCCCCCCCC[C@H](O)[C@H](O)CCCC(=O)O. The van der Waals surface area contributed by atoms with Crippen molar-refractivity contribution in [2.75, 3.05) is 0 Å². The van der Waals surface area contributed by atoms with Crippen LogP contribution in [0.4, 0.5) is 0 Å². The third kappa shape index (κ3) is 12.4. The van der Waals surface area contributed by atoms with Gasteiger partial charge in [0.15, 0.2) is 0 Å². The van der Waals surface area contributed by atoms with E-state index >= 15 is 0 Å². The first-order valence-electron chi connectivity index (χ1n) is 8.15. The number of rotatable bonds is 14. The maximum atomic E-state index is 10.3. The highest BCUT2D eigenvalue weighted by atomic mass is 16.4. The number of unbranched alkanes of at least 4 members (excludes halogenated alkanes) is 7. The first kappa shape index (κ1) is 19.4. The van der Waals surface area contributed by atoms with Crippen LogP contribution in [0.1, 0.15) is 84.0 Å². The average Bonchev–Trinajstić information content (AvgIpc) is 2.41. The van der Waals surface area contributed by atoms with Crippen molar-refractivity contribution in [1.29, 1.82) is 0 Å². The smallest absolute Gasteiger partial charge is 0.303 e. The molecule has 120 valence electrons. The zero-order chi connectivity index (χ0) is 15.2. The minimum Gasteiger partial charge on any atom is -0.481 e. The van der Waals surface area contributed by atoms with Crippen LogP contribution in [0, 0.1) is 0 Å². The van der Waals surface area contributed by atoms with Crippen LogP contribution in [0.3, 0.4) is 0 Å². The maximum Gasteiger partial charge on any atom is 0.303 e. The van der Waals surface area contributed by atoms with Crippen molar-refractivity contribution >= 4 is 5.97 Å². The van der Waals surface area contributed by atoms with Gasteiger partial charge in [0.2, 0.25) is 0 Å². The van der Waals surface area contributed by atoms with E-state index < -0.39 is 18.2 Å². The quantitative estimate of drug-likeness (QED) is 0.428. The highest BCUT2D eigenvalue weighted by Crippen LogP contribution is 2.14. The summed E-state index contributed by atoms with van der Waals surface area (Å²) in [4.78, 5) is 10.3. The van der Waals surface area contributed by atoms with Crippen molar-refractivity contribution in [2.45, 2.75) is 96.2 Å². The zero-order valence-corrected chi connectivity index (χ0v) is 12.9. The second kappa shape index (κ2) is 13.4. The van der Waals surface area contributed by atoms with Crippen molar-refractivity contribution in [2.24, 2.45) is 0 Å². The van der Waals surface area contributed by atoms with Gasteiger partial charge in [0.05, 0.1) is 12.2 Å². The number of hydrogen-bond acceptors (Lipinski definition) is 3. The largest absolute Gasteiger partial charge is 0.481 e. The maximum absolute atomic E-state index is 10.3. The highest BCUT2D eigenvalue weighted by Gasteiger charge is 2.15. The lowest BCUT2D eigenvalue weighted by Crippen LogP contribution is -2.25. The molecule has 0 saturated heterocycles. The normalized spacial score (nSPS) is 14.2. The van der Waals surface area contributed by atoms with Crippen LogP contribution in [-0.2, 0) is 4.79 Å². The molecule has 0 aliphatic carbocycles. The minimum absolute atomic E-state index is 0.0571. The Morgan fingerprint density at radius 2 is 1.25 bits per heavy atom. The summed E-state index contributed by atoms with van der Waals surface area (Å²) in [6.07, 6.45) is 9.68. The Morgan fingerprint density at radius 3 is 1.75 bits per heavy atom. The van der Waals surface area contributed by atoms with E-state index in [0.717, 1.165) is 12.8 Å². The van der Waals surface area contributed by atoms with E-state index in [4.69, 9.17) is 5.11 Å². The Morgan fingerprint density at radius 1 is 0.800 bits per heavy atom. The van der Waals surface area contributed by atoms with Gasteiger partial charge in [0.1, 0.15) is 0 Å². The van der Waals surface area contributed by atoms with Crippen molar-refractivity contribution in [3.63, 3.8) is 0 Å². The summed E-state index contributed by atoms with van der Waals surface area (Å²) >= 11 is 0. The lowest BCUT2D eigenvalue weighted by atomic mass is 10.0. The second-order valence-electron chi connectivity index (χ2n) is 5.68. The molecule has 0 radical (unpaired) electrons. The summed E-state index contributed by atoms with van der Waals surface area (Å²) in [7, 11) is 0. The first-order valence-corrected chi connectivity index (χ1v) is 8.15. The molecule has 0 aromatic carbocycles. The number of carboxylic acids is 1. The molecular formula is C16H32O4. The summed E-state index contributed by atoms with van der Waals surface area (Å²) < 4.78 is 0. The number of carbonyl (C=O) groups is 1. The molecule has 4 nitrogen and oxygen atoms in total. The van der Waals surface area contributed by atoms with Crippen LogP contribution in [0.5, 0.6) is 0 Å². The van der Waals surface area contributed by atoms with Crippen molar-refractivity contribution in [1.82, 2.24) is 0 Å². The number of hydrogen-bond donors (Lipinski definition) is 3. The molecule has 0 amide bonds. The van der Waals surface area contributed by atoms with Gasteiger partial charge < -0.3 is 15.3 Å². The van der Waals surface area contributed by atoms with Crippen LogP contribution >= 0.6 is 0 Å². The molecule has 0 rings (SSSR count). The zero-order valence-electron chi connectivity index (χ0n) is 12.9. The molecule has 0 aliphatic rings. The van der Waals surface area contributed by atoms with Crippen molar-refractivity contribution in [3.8, 4) is 0 Å². The third-order valence-electron chi connectivity index (χ3n) is 3.69. The summed E-state index contributed by atoms with van der Waals surface area (Å²) in [5, 5.41) is 27.9. The molecular weight excluding hydrogens is 256 g/mol. The fourth-order valence-corrected chi connectivity index (χ4v) is 2.33. The van der Waals surface area contributed by atoms with E-state index in [0.29, 0.717) is 19.3 Å². The van der Waals surface area contributed by atoms with Gasteiger partial charge in [-0.2, -0.15) is 0 Å². The van der Waals surface area contributed by atoms with E-state index in [-0.39, 0.29) is 6.42 Å². The summed E-state index contributed by atoms with van der Waals surface area (Å²) in [5.41, 5.74) is 0. The molecule has 3 N–H and O–H groups in total. The van der Waals surface area contributed by atoms with Gasteiger partial charge in [-0.25, -0.2) is 0 Å². The highest BCUT2D eigenvalue weighted by molar-refractivity contribution is 5.66. The Kier molecular flexibility index (Phi) is 13.0. The third-order valence-corrected chi connectivity index (χ3v) is 3.69. The first-order chi connectivity index (χ1) is 9.57. The van der Waals surface area contributed by atoms with Crippen LogP contribution in [0.25, 0.3) is 0 Å². The van der Waals surface area contributed by atoms with E-state index in [9.17, 15) is 15.0 Å². The Bertz CT molecular complexity index is 231. The van der Waals surface area contributed by atoms with Crippen LogP contribution < -0.4 is 0 Å². The van der Waals surface area contributed by atoms with Gasteiger partial charge in [-0.05, 0) is 19.3 Å². The molecule has 0 spiro atoms. The molecule has 0 bridgehead atoms. The summed E-state index contributed by atoms with van der Waals surface area (Å²) in [6, 6.07) is 0. The monoisotopic (exact) mass is 288 g/mol. The fourth-order valence-electron chi connectivity index (χ4n) is 2.33. The van der Waals surface area contributed by atoms with E-state index in [2.05, 4.69) is 6.92 Å². The number of carboxylic acid groups (broad SMARTS) is 1. The van der Waals surface area contributed by atoms with Crippen LogP contribution in [0.2, 0.25) is 0 Å². The second-order valence-corrected chi connectivity index (χ2v) is 5.68. The van der Waals surface area contributed by atoms with Gasteiger partial charge in [-0.15, -0.1) is 0 Å². The van der Waals surface area contributed by atoms with Crippen molar-refractivity contribution in [3.05, 3.63) is 0 Å². The van der Waals surface area contributed by atoms with E-state index in [1.54, 1.807) is 0 Å². The van der Waals surface area contributed by atoms with E-state index in [1.807, 2.05) is 0 Å². The Balaban J connectivity index is 3.38. The molecule has 0 fully saturated rings. The molecule has 0 unspecified atom stereocenters. The predicted molar refractivity (Wildman–Crippen MR) is 80.7 cm³/mol. The molecule has 0 aromatic heterocycles. The van der Waals surface area contributed by atoms with Gasteiger partial charge in [0.25, 0.3) is 0 Å². The van der Waals surface area contributed by atoms with Crippen LogP contribution in [-0.4, -0.2) is 33.5 Å². The van der Waals surface area contributed by atoms with Gasteiger partial charge in [-0.3, -0.25) is 4.79 Å². The van der Waals surface area contributed by atoms with Gasteiger partial charge in [-0.1, -0.05) is 58.3 Å². The Hall–Kier alpha value is -0.610. The Labute approximate surface area is 123 Å². The molecule has 0 heterocycles. The molecule has 20 heavy (non-hydrogen) atoms. The topological polar surface area (TPSA) is 77.8 Å². The van der Waals surface area contributed by atoms with Crippen molar-refractivity contribution < 1.29 is 20.1 Å². The molecule has 0 aromatic rings.